The Bertz CT molecular complexity index is 587. The molecule has 1 atom stereocenters. The summed E-state index contributed by atoms with van der Waals surface area (Å²) in [6.07, 6.45) is 1.59. The monoisotopic (exact) mass is 327 g/mol. The number of ether oxygens (including phenoxy) is 1. The van der Waals surface area contributed by atoms with Crippen molar-refractivity contribution in [3.05, 3.63) is 50.9 Å². The van der Waals surface area contributed by atoms with E-state index in [-0.39, 0.29) is 11.9 Å². The van der Waals surface area contributed by atoms with E-state index in [1.807, 2.05) is 11.4 Å². The van der Waals surface area contributed by atoms with Gasteiger partial charge in [0.25, 0.3) is 0 Å². The Hall–Kier alpha value is -1.10. The van der Waals surface area contributed by atoms with Crippen molar-refractivity contribution in [3.8, 4) is 5.75 Å². The first-order chi connectivity index (χ1) is 10.1. The maximum Gasteiger partial charge on any atom is 0.129 e. The number of methoxy groups -OCH3 is 1. The molecule has 1 heterocycles. The number of halogens is 2. The van der Waals surface area contributed by atoms with Gasteiger partial charge in [0.15, 0.2) is 0 Å². The second-order valence-corrected chi connectivity index (χ2v) is 6.21. The lowest BCUT2D eigenvalue weighted by atomic mass is 10.0. The van der Waals surface area contributed by atoms with Crippen LogP contribution in [0.1, 0.15) is 29.8 Å². The smallest absolute Gasteiger partial charge is 0.129 e. The number of thiophene rings is 1. The molecule has 0 aliphatic rings. The van der Waals surface area contributed by atoms with E-state index in [1.165, 1.54) is 6.07 Å². The number of nitrogens with one attached hydrogen (secondary N) is 1. The summed E-state index contributed by atoms with van der Waals surface area (Å²) >= 11 is 7.59. The van der Waals surface area contributed by atoms with Crippen LogP contribution in [0.15, 0.2) is 29.6 Å². The Balaban J connectivity index is 2.21. The fraction of sp³-hybridized carbons (Fsp3) is 0.375. The van der Waals surface area contributed by atoms with Gasteiger partial charge in [-0.05, 0) is 49.2 Å². The van der Waals surface area contributed by atoms with Crippen LogP contribution in [-0.2, 0) is 6.42 Å². The average molecular weight is 328 g/mol. The summed E-state index contributed by atoms with van der Waals surface area (Å²) in [4.78, 5) is 1.14. The Kier molecular flexibility index (Phi) is 6.03. The molecule has 2 rings (SSSR count). The highest BCUT2D eigenvalue weighted by atomic mass is 35.5. The second kappa shape index (κ2) is 7.78. The fourth-order valence-corrected chi connectivity index (χ4v) is 3.26. The SMILES string of the molecule is CCCNC(Cc1cc(Cl)ccc1F)c1cc(OC)cs1. The Labute approximate surface area is 133 Å². The molecule has 5 heteroatoms. The van der Waals surface area contributed by atoms with Crippen molar-refractivity contribution in [3.63, 3.8) is 0 Å². The summed E-state index contributed by atoms with van der Waals surface area (Å²) in [5, 5.41) is 5.99. The van der Waals surface area contributed by atoms with Crippen LogP contribution >= 0.6 is 22.9 Å². The van der Waals surface area contributed by atoms with Crippen LogP contribution < -0.4 is 10.1 Å². The van der Waals surface area contributed by atoms with Crippen molar-refractivity contribution >= 4 is 22.9 Å². The molecular weight excluding hydrogens is 309 g/mol. The molecule has 0 bridgehead atoms. The minimum absolute atomic E-state index is 0.0619. The van der Waals surface area contributed by atoms with Gasteiger partial charge in [0, 0.05) is 21.3 Å². The summed E-state index contributed by atoms with van der Waals surface area (Å²) in [5.41, 5.74) is 0.628. The van der Waals surface area contributed by atoms with E-state index in [0.29, 0.717) is 17.0 Å². The number of benzene rings is 1. The minimum atomic E-state index is -0.216. The van der Waals surface area contributed by atoms with Crippen molar-refractivity contribution in [2.75, 3.05) is 13.7 Å². The first-order valence-corrected chi connectivity index (χ1v) is 8.19. The number of rotatable bonds is 7. The second-order valence-electron chi connectivity index (χ2n) is 4.84. The van der Waals surface area contributed by atoms with E-state index in [0.717, 1.165) is 23.6 Å². The third-order valence-electron chi connectivity index (χ3n) is 3.25. The molecule has 2 nitrogen and oxygen atoms in total. The van der Waals surface area contributed by atoms with E-state index >= 15 is 0 Å². The zero-order valence-electron chi connectivity index (χ0n) is 12.2. The molecule has 0 saturated carbocycles. The molecule has 0 radical (unpaired) electrons. The number of hydrogen-bond donors (Lipinski definition) is 1. The molecule has 2 aromatic rings. The Morgan fingerprint density at radius 3 is 2.86 bits per heavy atom. The predicted octanol–water partition coefficient (Wildman–Crippen LogP) is 4.83. The molecule has 0 fully saturated rings. The molecule has 0 aliphatic carbocycles. The molecule has 0 saturated heterocycles. The molecule has 21 heavy (non-hydrogen) atoms. The normalized spacial score (nSPS) is 12.4. The molecule has 0 spiro atoms. The molecule has 1 aromatic carbocycles. The van der Waals surface area contributed by atoms with Crippen LogP contribution in [0.4, 0.5) is 4.39 Å². The lowest BCUT2D eigenvalue weighted by Gasteiger charge is -2.17. The van der Waals surface area contributed by atoms with Crippen LogP contribution in [0, 0.1) is 5.82 Å². The van der Waals surface area contributed by atoms with Crippen LogP contribution in [-0.4, -0.2) is 13.7 Å². The zero-order chi connectivity index (χ0) is 15.2. The quantitative estimate of drug-likeness (QED) is 0.786. The van der Waals surface area contributed by atoms with Gasteiger partial charge in [0.05, 0.1) is 7.11 Å². The average Bonchev–Trinajstić information content (AvgIpc) is 2.95. The molecule has 114 valence electrons. The first kappa shape index (κ1) is 16.3. The van der Waals surface area contributed by atoms with Crippen molar-refractivity contribution in [1.29, 1.82) is 0 Å². The summed E-state index contributed by atoms with van der Waals surface area (Å²) < 4.78 is 19.2. The maximum atomic E-state index is 13.9. The largest absolute Gasteiger partial charge is 0.496 e. The van der Waals surface area contributed by atoms with Gasteiger partial charge in [-0.15, -0.1) is 11.3 Å². The summed E-state index contributed by atoms with van der Waals surface area (Å²) in [6, 6.07) is 6.75. The van der Waals surface area contributed by atoms with Crippen LogP contribution in [0.25, 0.3) is 0 Å². The van der Waals surface area contributed by atoms with Gasteiger partial charge < -0.3 is 10.1 Å². The molecule has 1 unspecified atom stereocenters. The van der Waals surface area contributed by atoms with Crippen molar-refractivity contribution in [2.24, 2.45) is 0 Å². The Morgan fingerprint density at radius 1 is 1.38 bits per heavy atom. The first-order valence-electron chi connectivity index (χ1n) is 6.93. The molecule has 1 N–H and O–H groups in total. The van der Waals surface area contributed by atoms with Crippen LogP contribution in [0.3, 0.4) is 0 Å². The summed E-state index contributed by atoms with van der Waals surface area (Å²) in [7, 11) is 1.65. The van der Waals surface area contributed by atoms with Gasteiger partial charge in [0.2, 0.25) is 0 Å². The van der Waals surface area contributed by atoms with Crippen LogP contribution in [0.5, 0.6) is 5.75 Å². The fourth-order valence-electron chi connectivity index (χ4n) is 2.14. The third-order valence-corrected chi connectivity index (χ3v) is 4.51. The van der Waals surface area contributed by atoms with Crippen molar-refractivity contribution in [2.45, 2.75) is 25.8 Å². The molecule has 1 aromatic heterocycles. The molecule has 0 aliphatic heterocycles. The van der Waals surface area contributed by atoms with E-state index in [1.54, 1.807) is 30.6 Å². The lowest BCUT2D eigenvalue weighted by Crippen LogP contribution is -2.23. The molecule has 0 amide bonds. The molecular formula is C16H19ClFNOS. The van der Waals surface area contributed by atoms with Gasteiger partial charge >= 0.3 is 0 Å². The van der Waals surface area contributed by atoms with Crippen LogP contribution in [0.2, 0.25) is 5.02 Å². The Morgan fingerprint density at radius 2 is 2.19 bits per heavy atom. The summed E-state index contributed by atoms with van der Waals surface area (Å²) in [5.74, 6) is 0.621. The van der Waals surface area contributed by atoms with Gasteiger partial charge in [-0.2, -0.15) is 0 Å². The minimum Gasteiger partial charge on any atom is -0.496 e. The topological polar surface area (TPSA) is 21.3 Å². The van der Waals surface area contributed by atoms with Gasteiger partial charge in [-0.3, -0.25) is 0 Å². The standard InChI is InChI=1S/C16H19ClFNOS/c1-3-6-19-15(16-9-13(20-2)10-21-16)8-11-7-12(17)4-5-14(11)18/h4-5,7,9-10,15,19H,3,6,8H2,1-2H3. The van der Waals surface area contributed by atoms with E-state index in [2.05, 4.69) is 12.2 Å². The highest BCUT2D eigenvalue weighted by molar-refractivity contribution is 7.10. The van der Waals surface area contributed by atoms with Gasteiger partial charge in [-0.25, -0.2) is 4.39 Å². The highest BCUT2D eigenvalue weighted by Gasteiger charge is 2.16. The predicted molar refractivity (Wildman–Crippen MR) is 87.0 cm³/mol. The van der Waals surface area contributed by atoms with Crippen molar-refractivity contribution < 1.29 is 9.13 Å². The van der Waals surface area contributed by atoms with E-state index in [4.69, 9.17) is 16.3 Å². The van der Waals surface area contributed by atoms with Gasteiger partial charge in [0.1, 0.15) is 11.6 Å². The van der Waals surface area contributed by atoms with E-state index < -0.39 is 0 Å². The van der Waals surface area contributed by atoms with Crippen molar-refractivity contribution in [1.82, 2.24) is 5.32 Å². The lowest BCUT2D eigenvalue weighted by molar-refractivity contribution is 0.415. The highest BCUT2D eigenvalue weighted by Crippen LogP contribution is 2.30. The van der Waals surface area contributed by atoms with Gasteiger partial charge in [-0.1, -0.05) is 18.5 Å². The van der Waals surface area contributed by atoms with E-state index in [9.17, 15) is 4.39 Å². The zero-order valence-corrected chi connectivity index (χ0v) is 13.7. The maximum absolute atomic E-state index is 13.9. The number of hydrogen-bond acceptors (Lipinski definition) is 3. The third kappa shape index (κ3) is 4.43. The summed E-state index contributed by atoms with van der Waals surface area (Å²) in [6.45, 7) is 2.99.